The van der Waals surface area contributed by atoms with E-state index in [0.717, 1.165) is 16.8 Å². The van der Waals surface area contributed by atoms with Crippen LogP contribution in [0.15, 0.2) is 41.6 Å². The quantitative estimate of drug-likeness (QED) is 0.371. The lowest BCUT2D eigenvalue weighted by Crippen LogP contribution is -2.25. The Labute approximate surface area is 190 Å². The van der Waals surface area contributed by atoms with Crippen LogP contribution >= 0.6 is 35.0 Å². The predicted molar refractivity (Wildman–Crippen MR) is 125 cm³/mol. The van der Waals surface area contributed by atoms with E-state index >= 15 is 0 Å². The first kappa shape index (κ1) is 22.5. The third kappa shape index (κ3) is 4.74. The number of anilines is 1. The molecule has 0 saturated heterocycles. The molecule has 1 heterocycles. The van der Waals surface area contributed by atoms with E-state index in [-0.39, 0.29) is 5.91 Å². The van der Waals surface area contributed by atoms with Gasteiger partial charge >= 0.3 is 0 Å². The van der Waals surface area contributed by atoms with Crippen LogP contribution in [0.5, 0.6) is 0 Å². The van der Waals surface area contributed by atoms with Crippen LogP contribution < -0.4 is 11.2 Å². The molecule has 9 heteroatoms. The van der Waals surface area contributed by atoms with Gasteiger partial charge in [0.15, 0.2) is 5.82 Å². The number of carbonyl (C=O) groups is 1. The molecule has 3 aromatic rings. The molecular formula is C21H23Cl2N5OS. The van der Waals surface area contributed by atoms with Gasteiger partial charge < -0.3 is 11.2 Å². The summed E-state index contributed by atoms with van der Waals surface area (Å²) in [5, 5.41) is 12.2. The third-order valence-electron chi connectivity index (χ3n) is 4.66. The molecule has 158 valence electrons. The predicted octanol–water partition coefficient (Wildman–Crippen LogP) is 5.52. The Kier molecular flexibility index (Phi) is 6.95. The summed E-state index contributed by atoms with van der Waals surface area (Å²) in [6, 6.07) is 11.1. The van der Waals surface area contributed by atoms with Crippen LogP contribution in [0.25, 0.3) is 11.4 Å². The van der Waals surface area contributed by atoms with Crippen LogP contribution in [0.1, 0.15) is 37.8 Å². The number of amides is 1. The molecule has 6 nitrogen and oxygen atoms in total. The number of nitrogens with two attached hydrogens (primary N) is 1. The van der Waals surface area contributed by atoms with Crippen molar-refractivity contribution in [3.05, 3.63) is 57.6 Å². The molecule has 0 fully saturated rings. The summed E-state index contributed by atoms with van der Waals surface area (Å²) in [5.41, 5.74) is 3.59. The van der Waals surface area contributed by atoms with Gasteiger partial charge in [0, 0.05) is 16.3 Å². The molecule has 0 bridgehead atoms. The van der Waals surface area contributed by atoms with Crippen molar-refractivity contribution in [1.29, 1.82) is 0 Å². The van der Waals surface area contributed by atoms with Crippen molar-refractivity contribution in [3.8, 4) is 11.4 Å². The van der Waals surface area contributed by atoms with E-state index in [1.807, 2.05) is 25.1 Å². The molecule has 0 aliphatic heterocycles. The van der Waals surface area contributed by atoms with E-state index in [4.69, 9.17) is 29.0 Å². The highest BCUT2D eigenvalue weighted by Gasteiger charge is 2.22. The second kappa shape index (κ2) is 9.29. The molecule has 0 saturated carbocycles. The van der Waals surface area contributed by atoms with Crippen LogP contribution in [0.2, 0.25) is 10.0 Å². The molecule has 3 rings (SSSR count). The number of carbonyl (C=O) groups excluding carboxylic acids is 1. The fourth-order valence-electron chi connectivity index (χ4n) is 2.99. The Balaban J connectivity index is 1.78. The Bertz CT molecular complexity index is 1080. The van der Waals surface area contributed by atoms with E-state index in [9.17, 15) is 4.79 Å². The SMILES string of the molecule is Cc1cccc(C(C)C)c1NC(=O)C(C)Sc1nnc(-c2ccc(Cl)cc2Cl)n1N. The van der Waals surface area contributed by atoms with Gasteiger partial charge in [0.2, 0.25) is 11.1 Å². The maximum absolute atomic E-state index is 12.9. The zero-order valence-electron chi connectivity index (χ0n) is 17.1. The highest BCUT2D eigenvalue weighted by molar-refractivity contribution is 8.00. The number of benzene rings is 2. The minimum Gasteiger partial charge on any atom is -0.335 e. The van der Waals surface area contributed by atoms with Crippen LogP contribution in [-0.4, -0.2) is 26.0 Å². The van der Waals surface area contributed by atoms with E-state index < -0.39 is 5.25 Å². The van der Waals surface area contributed by atoms with E-state index in [0.29, 0.717) is 32.5 Å². The second-order valence-corrected chi connectivity index (χ2v) is 9.40. The number of thioether (sulfide) groups is 1. The zero-order valence-corrected chi connectivity index (χ0v) is 19.4. The van der Waals surface area contributed by atoms with Gasteiger partial charge in [-0.2, -0.15) is 0 Å². The molecule has 0 aliphatic rings. The minimum atomic E-state index is -0.440. The van der Waals surface area contributed by atoms with Gasteiger partial charge in [0.25, 0.3) is 0 Å². The number of aryl methyl sites for hydroxylation is 1. The van der Waals surface area contributed by atoms with Crippen LogP contribution in [-0.2, 0) is 4.79 Å². The maximum atomic E-state index is 12.9. The van der Waals surface area contributed by atoms with Crippen molar-refractivity contribution in [1.82, 2.24) is 14.9 Å². The monoisotopic (exact) mass is 463 g/mol. The van der Waals surface area contributed by atoms with Crippen molar-refractivity contribution in [3.63, 3.8) is 0 Å². The Morgan fingerprint density at radius 2 is 1.90 bits per heavy atom. The molecule has 1 aromatic heterocycles. The number of nitrogens with one attached hydrogen (secondary N) is 1. The van der Waals surface area contributed by atoms with Crippen LogP contribution in [0.4, 0.5) is 5.69 Å². The lowest BCUT2D eigenvalue weighted by molar-refractivity contribution is -0.115. The summed E-state index contributed by atoms with van der Waals surface area (Å²) in [6.45, 7) is 7.99. The molecule has 2 aromatic carbocycles. The molecule has 1 unspecified atom stereocenters. The Morgan fingerprint density at radius 3 is 2.57 bits per heavy atom. The van der Waals surface area contributed by atoms with Crippen molar-refractivity contribution >= 4 is 46.6 Å². The average molecular weight is 464 g/mol. The van der Waals surface area contributed by atoms with Gasteiger partial charge in [0.05, 0.1) is 10.3 Å². The third-order valence-corrected chi connectivity index (χ3v) is 6.27. The van der Waals surface area contributed by atoms with E-state index in [1.54, 1.807) is 25.1 Å². The summed E-state index contributed by atoms with van der Waals surface area (Å²) >= 11 is 13.4. The summed E-state index contributed by atoms with van der Waals surface area (Å²) in [5.74, 6) is 6.73. The number of aromatic nitrogens is 3. The number of halogens is 2. The summed E-state index contributed by atoms with van der Waals surface area (Å²) in [6.07, 6.45) is 0. The Morgan fingerprint density at radius 1 is 1.17 bits per heavy atom. The molecule has 0 radical (unpaired) electrons. The van der Waals surface area contributed by atoms with Crippen LogP contribution in [0.3, 0.4) is 0 Å². The maximum Gasteiger partial charge on any atom is 0.237 e. The number of hydrogen-bond acceptors (Lipinski definition) is 5. The fourth-order valence-corrected chi connectivity index (χ4v) is 4.25. The molecule has 0 aliphatic carbocycles. The fraction of sp³-hybridized carbons (Fsp3) is 0.286. The molecule has 30 heavy (non-hydrogen) atoms. The average Bonchev–Trinajstić information content (AvgIpc) is 3.03. The minimum absolute atomic E-state index is 0.134. The highest BCUT2D eigenvalue weighted by Crippen LogP contribution is 2.32. The molecule has 1 amide bonds. The van der Waals surface area contributed by atoms with Crippen molar-refractivity contribution in [2.75, 3.05) is 11.2 Å². The first-order valence-electron chi connectivity index (χ1n) is 9.42. The van der Waals surface area contributed by atoms with Gasteiger partial charge in [-0.3, -0.25) is 4.79 Å². The van der Waals surface area contributed by atoms with Gasteiger partial charge in [-0.1, -0.05) is 67.0 Å². The van der Waals surface area contributed by atoms with E-state index in [1.165, 1.54) is 16.4 Å². The molecular weight excluding hydrogens is 441 g/mol. The molecule has 1 atom stereocenters. The number of para-hydroxylation sites is 1. The van der Waals surface area contributed by atoms with Crippen molar-refractivity contribution in [2.45, 2.75) is 44.0 Å². The topological polar surface area (TPSA) is 85.8 Å². The van der Waals surface area contributed by atoms with E-state index in [2.05, 4.69) is 29.4 Å². The van der Waals surface area contributed by atoms with Crippen molar-refractivity contribution < 1.29 is 4.79 Å². The number of hydrogen-bond donors (Lipinski definition) is 2. The lowest BCUT2D eigenvalue weighted by atomic mass is 9.98. The van der Waals surface area contributed by atoms with Crippen LogP contribution in [0, 0.1) is 6.92 Å². The highest BCUT2D eigenvalue weighted by atomic mass is 35.5. The number of nitrogen functional groups attached to an aromatic ring is 1. The number of nitrogens with zero attached hydrogens (tertiary/aromatic N) is 3. The molecule has 0 spiro atoms. The first-order valence-corrected chi connectivity index (χ1v) is 11.1. The normalized spacial score (nSPS) is 12.2. The summed E-state index contributed by atoms with van der Waals surface area (Å²) < 4.78 is 1.33. The smallest absolute Gasteiger partial charge is 0.237 e. The second-order valence-electron chi connectivity index (χ2n) is 7.24. The van der Waals surface area contributed by atoms with Gasteiger partial charge in [-0.05, 0) is 49.1 Å². The van der Waals surface area contributed by atoms with Gasteiger partial charge in [-0.25, -0.2) is 4.68 Å². The van der Waals surface area contributed by atoms with Gasteiger partial charge in [-0.15, -0.1) is 10.2 Å². The number of rotatable bonds is 6. The summed E-state index contributed by atoms with van der Waals surface area (Å²) in [4.78, 5) is 12.9. The standard InChI is InChI=1S/C21H23Cl2N5OS/c1-11(2)15-7-5-6-12(3)18(15)25-20(29)13(4)30-21-27-26-19(28(21)24)16-9-8-14(22)10-17(16)23/h5-11,13H,24H2,1-4H3,(H,25,29). The summed E-state index contributed by atoms with van der Waals surface area (Å²) in [7, 11) is 0. The van der Waals surface area contributed by atoms with Crippen molar-refractivity contribution in [2.24, 2.45) is 0 Å². The zero-order chi connectivity index (χ0) is 22.0. The molecule has 3 N–H and O–H groups in total. The van der Waals surface area contributed by atoms with Gasteiger partial charge in [0.1, 0.15) is 0 Å². The largest absolute Gasteiger partial charge is 0.335 e. The Hall–Kier alpha value is -2.22. The lowest BCUT2D eigenvalue weighted by Gasteiger charge is -2.18. The first-order chi connectivity index (χ1) is 14.2.